The van der Waals surface area contributed by atoms with Crippen LogP contribution in [0.4, 0.5) is 4.39 Å². The fourth-order valence-corrected chi connectivity index (χ4v) is 2.75. The van der Waals surface area contributed by atoms with E-state index in [0.717, 1.165) is 0 Å². The molecular weight excluding hydrogens is 390 g/mol. The van der Waals surface area contributed by atoms with Gasteiger partial charge in [0.1, 0.15) is 5.82 Å². The third-order valence-electron chi connectivity index (χ3n) is 3.78. The SMILES string of the molecule is Cc1nccc(-c2ccc(Cl)cc2F)c1C=O.Cc1nccc(Cl)c1C=O. The van der Waals surface area contributed by atoms with Crippen LogP contribution in [0.15, 0.2) is 42.7 Å². The zero-order chi connectivity index (χ0) is 20.0. The molecule has 0 amide bonds. The van der Waals surface area contributed by atoms with Crippen molar-refractivity contribution >= 4 is 35.8 Å². The Kier molecular flexibility index (Phi) is 7.16. The summed E-state index contributed by atoms with van der Waals surface area (Å²) in [4.78, 5) is 29.2. The van der Waals surface area contributed by atoms with E-state index in [2.05, 4.69) is 9.97 Å². The first-order chi connectivity index (χ1) is 12.9. The van der Waals surface area contributed by atoms with Crippen LogP contribution in [-0.4, -0.2) is 22.5 Å². The Morgan fingerprint density at radius 2 is 1.44 bits per heavy atom. The lowest BCUT2D eigenvalue weighted by Crippen LogP contribution is -1.96. The number of hydrogen-bond donors (Lipinski definition) is 0. The van der Waals surface area contributed by atoms with Crippen LogP contribution in [-0.2, 0) is 0 Å². The second kappa shape index (κ2) is 9.35. The zero-order valence-electron chi connectivity index (χ0n) is 14.5. The van der Waals surface area contributed by atoms with Gasteiger partial charge in [0.2, 0.25) is 0 Å². The minimum absolute atomic E-state index is 0.324. The van der Waals surface area contributed by atoms with E-state index in [-0.39, 0.29) is 0 Å². The average molecular weight is 405 g/mol. The minimum atomic E-state index is -0.453. The van der Waals surface area contributed by atoms with E-state index in [9.17, 15) is 14.0 Å². The van der Waals surface area contributed by atoms with Gasteiger partial charge in [0.05, 0.1) is 10.6 Å². The fourth-order valence-electron chi connectivity index (χ4n) is 2.36. The average Bonchev–Trinajstić information content (AvgIpc) is 2.62. The molecule has 0 N–H and O–H groups in total. The van der Waals surface area contributed by atoms with Crippen molar-refractivity contribution in [3.63, 3.8) is 0 Å². The highest BCUT2D eigenvalue weighted by Crippen LogP contribution is 2.28. The topological polar surface area (TPSA) is 59.9 Å². The second-order valence-electron chi connectivity index (χ2n) is 5.51. The maximum Gasteiger partial charge on any atom is 0.153 e. The number of hydrogen-bond acceptors (Lipinski definition) is 4. The molecule has 7 heteroatoms. The summed E-state index contributed by atoms with van der Waals surface area (Å²) >= 11 is 11.3. The summed E-state index contributed by atoms with van der Waals surface area (Å²) < 4.78 is 13.8. The van der Waals surface area contributed by atoms with Gasteiger partial charge in [-0.05, 0) is 49.7 Å². The van der Waals surface area contributed by atoms with Crippen LogP contribution in [0.3, 0.4) is 0 Å². The maximum absolute atomic E-state index is 13.8. The predicted molar refractivity (Wildman–Crippen MR) is 104 cm³/mol. The summed E-state index contributed by atoms with van der Waals surface area (Å²) in [6.45, 7) is 3.46. The lowest BCUT2D eigenvalue weighted by atomic mass is 10.00. The van der Waals surface area contributed by atoms with Crippen LogP contribution >= 0.6 is 23.2 Å². The number of nitrogens with zero attached hydrogens (tertiary/aromatic N) is 2. The highest BCUT2D eigenvalue weighted by molar-refractivity contribution is 6.33. The van der Waals surface area contributed by atoms with E-state index < -0.39 is 5.82 Å². The van der Waals surface area contributed by atoms with Gasteiger partial charge in [0, 0.05) is 39.9 Å². The van der Waals surface area contributed by atoms with Crippen molar-refractivity contribution in [1.82, 2.24) is 9.97 Å². The first-order valence-electron chi connectivity index (χ1n) is 7.81. The number of benzene rings is 1. The molecule has 138 valence electrons. The van der Waals surface area contributed by atoms with Crippen molar-refractivity contribution in [2.45, 2.75) is 13.8 Å². The van der Waals surface area contributed by atoms with Gasteiger partial charge in [-0.25, -0.2) is 4.39 Å². The number of rotatable bonds is 3. The molecule has 2 heterocycles. The Morgan fingerprint density at radius 1 is 0.852 bits per heavy atom. The van der Waals surface area contributed by atoms with Crippen molar-refractivity contribution < 1.29 is 14.0 Å². The van der Waals surface area contributed by atoms with Crippen molar-refractivity contribution in [3.05, 3.63) is 81.1 Å². The quantitative estimate of drug-likeness (QED) is 0.539. The van der Waals surface area contributed by atoms with Crippen molar-refractivity contribution in [3.8, 4) is 11.1 Å². The van der Waals surface area contributed by atoms with Crippen LogP contribution in [0, 0.1) is 19.7 Å². The van der Waals surface area contributed by atoms with E-state index >= 15 is 0 Å². The number of carbonyl (C=O) groups is 2. The molecule has 0 saturated carbocycles. The number of aryl methyl sites for hydroxylation is 2. The van der Waals surface area contributed by atoms with Crippen LogP contribution < -0.4 is 0 Å². The number of aldehydes is 2. The molecule has 2 aromatic heterocycles. The number of aromatic nitrogens is 2. The van der Waals surface area contributed by atoms with E-state index in [1.165, 1.54) is 6.07 Å². The smallest absolute Gasteiger partial charge is 0.153 e. The summed E-state index contributed by atoms with van der Waals surface area (Å²) in [5, 5.41) is 0.784. The lowest BCUT2D eigenvalue weighted by molar-refractivity contribution is 0.111. The Morgan fingerprint density at radius 3 is 1.96 bits per heavy atom. The molecule has 1 aromatic carbocycles. The summed E-state index contributed by atoms with van der Waals surface area (Å²) in [7, 11) is 0. The Bertz CT molecular complexity index is 973. The van der Waals surface area contributed by atoms with Crippen LogP contribution in [0.5, 0.6) is 0 Å². The molecule has 0 radical (unpaired) electrons. The van der Waals surface area contributed by atoms with E-state index in [1.54, 1.807) is 50.5 Å². The van der Waals surface area contributed by atoms with Gasteiger partial charge in [0.15, 0.2) is 12.6 Å². The van der Waals surface area contributed by atoms with E-state index in [1.807, 2.05) is 0 Å². The van der Waals surface area contributed by atoms with Gasteiger partial charge in [-0.3, -0.25) is 19.6 Å². The standard InChI is InChI=1S/C13H9ClFNO.C7H6ClNO/c1-8-12(7-17)10(4-5-16-8)11-3-2-9(14)6-13(11)15;1-5-6(4-10)7(8)2-3-9-5/h2-7H,1H3;2-4H,1H3. The van der Waals surface area contributed by atoms with Crippen molar-refractivity contribution in [2.75, 3.05) is 0 Å². The molecule has 0 aliphatic heterocycles. The molecule has 0 bridgehead atoms. The number of carbonyl (C=O) groups excluding carboxylic acids is 2. The molecule has 0 aliphatic carbocycles. The maximum atomic E-state index is 13.8. The monoisotopic (exact) mass is 404 g/mol. The third-order valence-corrected chi connectivity index (χ3v) is 4.35. The molecular formula is C20H15Cl2FN2O2. The molecule has 0 fully saturated rings. The van der Waals surface area contributed by atoms with Gasteiger partial charge >= 0.3 is 0 Å². The normalized spacial score (nSPS) is 9.96. The molecule has 0 saturated heterocycles. The zero-order valence-corrected chi connectivity index (χ0v) is 16.1. The Balaban J connectivity index is 0.000000223. The molecule has 4 nitrogen and oxygen atoms in total. The molecule has 0 atom stereocenters. The molecule has 0 unspecified atom stereocenters. The summed E-state index contributed by atoms with van der Waals surface area (Å²) in [6, 6.07) is 7.58. The largest absolute Gasteiger partial charge is 0.298 e. The fraction of sp³-hybridized carbons (Fsp3) is 0.100. The third kappa shape index (κ3) is 4.96. The van der Waals surface area contributed by atoms with Crippen LogP contribution in [0.1, 0.15) is 32.1 Å². The highest BCUT2D eigenvalue weighted by atomic mass is 35.5. The first-order valence-corrected chi connectivity index (χ1v) is 8.57. The van der Waals surface area contributed by atoms with Crippen molar-refractivity contribution in [1.29, 1.82) is 0 Å². The van der Waals surface area contributed by atoms with Crippen LogP contribution in [0.2, 0.25) is 10.0 Å². The molecule has 27 heavy (non-hydrogen) atoms. The summed E-state index contributed by atoms with van der Waals surface area (Å²) in [6.07, 6.45) is 4.52. The number of pyridine rings is 2. The number of halogens is 3. The molecule has 0 spiro atoms. The second-order valence-corrected chi connectivity index (χ2v) is 6.35. The Labute approximate surface area is 166 Å². The van der Waals surface area contributed by atoms with Crippen molar-refractivity contribution in [2.24, 2.45) is 0 Å². The highest BCUT2D eigenvalue weighted by Gasteiger charge is 2.12. The molecule has 3 aromatic rings. The summed E-state index contributed by atoms with van der Waals surface area (Å²) in [5.41, 5.74) is 3.00. The van der Waals surface area contributed by atoms with Crippen LogP contribution in [0.25, 0.3) is 11.1 Å². The van der Waals surface area contributed by atoms with Gasteiger partial charge < -0.3 is 0 Å². The van der Waals surface area contributed by atoms with E-state index in [4.69, 9.17) is 23.2 Å². The first kappa shape index (κ1) is 20.7. The molecule has 3 rings (SSSR count). The van der Waals surface area contributed by atoms with Gasteiger partial charge in [-0.2, -0.15) is 0 Å². The van der Waals surface area contributed by atoms with Gasteiger partial charge in [-0.1, -0.05) is 23.2 Å². The predicted octanol–water partition coefficient (Wildman–Crippen LogP) is 5.52. The minimum Gasteiger partial charge on any atom is -0.298 e. The van der Waals surface area contributed by atoms with Gasteiger partial charge in [0.25, 0.3) is 0 Å². The Hall–Kier alpha value is -2.63. The molecule has 0 aliphatic rings. The van der Waals surface area contributed by atoms with E-state index in [0.29, 0.717) is 56.3 Å². The summed E-state index contributed by atoms with van der Waals surface area (Å²) in [5.74, 6) is -0.453. The lowest BCUT2D eigenvalue weighted by Gasteiger charge is -2.08. The van der Waals surface area contributed by atoms with Gasteiger partial charge in [-0.15, -0.1) is 0 Å².